The number of isocyanates is 2. The Morgan fingerprint density at radius 2 is 1.25 bits per heavy atom. The number of hydrogen-bond acceptors (Lipinski definition) is 6. The first-order valence-corrected chi connectivity index (χ1v) is 2.56. The lowest BCUT2D eigenvalue weighted by molar-refractivity contribution is 0.108. The van der Waals surface area contributed by atoms with E-state index in [4.69, 9.17) is 0 Å². The van der Waals surface area contributed by atoms with Gasteiger partial charge in [-0.15, -0.1) is 10.0 Å². The van der Waals surface area contributed by atoms with Crippen LogP contribution >= 0.6 is 0 Å². The standard InChI is InChI=1S/C4N4O4/c9-1-5-7-3(11)8(4(7)12)6-2-10. The van der Waals surface area contributed by atoms with Crippen LogP contribution in [0.15, 0.2) is 10.2 Å². The van der Waals surface area contributed by atoms with E-state index in [1.165, 1.54) is 0 Å². The molecule has 0 saturated carbocycles. The molecule has 0 unspecified atom stereocenters. The molecule has 0 aromatic rings. The summed E-state index contributed by atoms with van der Waals surface area (Å²) in [6, 6.07) is -1.99. The van der Waals surface area contributed by atoms with Gasteiger partial charge in [-0.05, 0) is 0 Å². The monoisotopic (exact) mass is 168 g/mol. The fourth-order valence-electron chi connectivity index (χ4n) is 0.551. The van der Waals surface area contributed by atoms with Gasteiger partial charge in [0, 0.05) is 0 Å². The summed E-state index contributed by atoms with van der Waals surface area (Å²) < 4.78 is 0. The summed E-state index contributed by atoms with van der Waals surface area (Å²) in [6.45, 7) is 0. The number of imide groups is 2. The lowest BCUT2D eigenvalue weighted by Gasteiger charge is -2.28. The van der Waals surface area contributed by atoms with Crippen LogP contribution in [-0.2, 0) is 9.59 Å². The van der Waals surface area contributed by atoms with Gasteiger partial charge in [-0.2, -0.15) is 0 Å². The molecule has 0 aliphatic carbocycles. The Bertz CT molecular complexity index is 291. The summed E-state index contributed by atoms with van der Waals surface area (Å²) >= 11 is 0. The second kappa shape index (κ2) is 2.75. The molecule has 1 heterocycles. The lowest BCUT2D eigenvalue weighted by atomic mass is 10.6. The molecule has 0 bridgehead atoms. The Morgan fingerprint density at radius 1 is 0.917 bits per heavy atom. The van der Waals surface area contributed by atoms with Crippen LogP contribution in [0.25, 0.3) is 0 Å². The number of hydrogen-bond donors (Lipinski definition) is 0. The highest BCUT2D eigenvalue weighted by molar-refractivity contribution is 6.11. The van der Waals surface area contributed by atoms with Crippen molar-refractivity contribution in [3.05, 3.63) is 0 Å². The Kier molecular flexibility index (Phi) is 1.79. The van der Waals surface area contributed by atoms with Gasteiger partial charge < -0.3 is 0 Å². The molecule has 1 aliphatic rings. The van der Waals surface area contributed by atoms with Gasteiger partial charge in [0.05, 0.1) is 0 Å². The van der Waals surface area contributed by atoms with E-state index in [2.05, 4.69) is 10.2 Å². The third-order valence-electron chi connectivity index (χ3n) is 1.01. The maximum Gasteiger partial charge on any atom is 0.380 e. The van der Waals surface area contributed by atoms with E-state index in [1.54, 1.807) is 0 Å². The second-order valence-corrected chi connectivity index (χ2v) is 1.57. The fraction of sp³-hybridized carbons (Fsp3) is 0. The van der Waals surface area contributed by atoms with Crippen LogP contribution in [0.2, 0.25) is 0 Å². The van der Waals surface area contributed by atoms with Crippen molar-refractivity contribution >= 4 is 24.2 Å². The first-order valence-electron chi connectivity index (χ1n) is 2.56. The van der Waals surface area contributed by atoms with Crippen molar-refractivity contribution in [1.29, 1.82) is 0 Å². The maximum atomic E-state index is 10.6. The molecule has 0 N–H and O–H groups in total. The van der Waals surface area contributed by atoms with Crippen LogP contribution in [0, 0.1) is 0 Å². The minimum absolute atomic E-state index is 0.216. The highest BCUT2D eigenvalue weighted by atomic mass is 16.3. The Balaban J connectivity index is 2.82. The van der Waals surface area contributed by atoms with Crippen LogP contribution in [0.3, 0.4) is 0 Å². The second-order valence-electron chi connectivity index (χ2n) is 1.57. The summed E-state index contributed by atoms with van der Waals surface area (Å²) in [5.41, 5.74) is 0. The van der Waals surface area contributed by atoms with Crippen molar-refractivity contribution in [2.24, 2.45) is 10.2 Å². The largest absolute Gasteiger partial charge is 0.380 e. The average Bonchev–Trinajstić information content (AvgIpc) is 2.10. The lowest BCUT2D eigenvalue weighted by Crippen LogP contribution is -2.58. The third-order valence-corrected chi connectivity index (χ3v) is 1.01. The smallest absolute Gasteiger partial charge is 0.243 e. The SMILES string of the molecule is O=C=NN1C(=O)N(N=C=O)C1=O. The first kappa shape index (κ1) is 7.80. The summed E-state index contributed by atoms with van der Waals surface area (Å²) in [5.74, 6) is 0. The van der Waals surface area contributed by atoms with Crippen LogP contribution in [-0.4, -0.2) is 34.2 Å². The van der Waals surface area contributed by atoms with Crippen LogP contribution in [0.5, 0.6) is 0 Å². The van der Waals surface area contributed by atoms with Gasteiger partial charge >= 0.3 is 12.1 Å². The molecule has 0 spiro atoms. The summed E-state index contributed by atoms with van der Waals surface area (Å²) in [5, 5.41) is 5.88. The first-order chi connectivity index (χ1) is 5.72. The number of carbonyl (C=O) groups excluding carboxylic acids is 4. The minimum atomic E-state index is -0.994. The third kappa shape index (κ3) is 0.891. The van der Waals surface area contributed by atoms with Gasteiger partial charge in [0.25, 0.3) is 12.2 Å². The molecular formula is C4N4O4. The number of amides is 4. The number of rotatable bonds is 2. The van der Waals surface area contributed by atoms with E-state index >= 15 is 0 Å². The molecule has 8 heteroatoms. The molecule has 0 aromatic heterocycles. The number of nitrogens with zero attached hydrogens (tertiary/aromatic N) is 4. The molecule has 0 aromatic carbocycles. The Labute approximate surface area is 64.7 Å². The van der Waals surface area contributed by atoms with Crippen molar-refractivity contribution in [3.63, 3.8) is 0 Å². The summed E-state index contributed by atoms with van der Waals surface area (Å²) in [4.78, 5) is 40.5. The number of urea groups is 2. The quantitative estimate of drug-likeness (QED) is 0.403. The van der Waals surface area contributed by atoms with Crippen molar-refractivity contribution in [1.82, 2.24) is 10.0 Å². The van der Waals surface area contributed by atoms with Gasteiger partial charge in [0.1, 0.15) is 0 Å². The maximum absolute atomic E-state index is 10.6. The number of hydrazone groups is 2. The van der Waals surface area contributed by atoms with Gasteiger partial charge in [0.15, 0.2) is 0 Å². The fourth-order valence-corrected chi connectivity index (χ4v) is 0.551. The molecule has 1 saturated heterocycles. The molecule has 4 amide bonds. The molecule has 60 valence electrons. The van der Waals surface area contributed by atoms with Crippen molar-refractivity contribution in [3.8, 4) is 0 Å². The molecule has 1 aliphatic heterocycles. The van der Waals surface area contributed by atoms with E-state index in [9.17, 15) is 19.2 Å². The van der Waals surface area contributed by atoms with Gasteiger partial charge in [-0.25, -0.2) is 19.2 Å². The Hall–Kier alpha value is -2.30. The highest BCUT2D eigenvalue weighted by Crippen LogP contribution is 2.15. The molecule has 1 fully saturated rings. The Morgan fingerprint density at radius 3 is 1.50 bits per heavy atom. The van der Waals surface area contributed by atoms with Crippen LogP contribution < -0.4 is 0 Å². The van der Waals surface area contributed by atoms with Crippen molar-refractivity contribution in [2.75, 3.05) is 0 Å². The van der Waals surface area contributed by atoms with E-state index in [0.717, 1.165) is 12.2 Å². The average molecular weight is 168 g/mol. The highest BCUT2D eigenvalue weighted by Gasteiger charge is 2.45. The van der Waals surface area contributed by atoms with Gasteiger partial charge in [-0.3, -0.25) is 0 Å². The molecule has 0 atom stereocenters. The molecule has 1 rings (SSSR count). The minimum Gasteiger partial charge on any atom is -0.243 e. The van der Waals surface area contributed by atoms with Crippen LogP contribution in [0.1, 0.15) is 0 Å². The van der Waals surface area contributed by atoms with E-state index in [1.807, 2.05) is 0 Å². The number of carbonyl (C=O) groups is 2. The molecule has 0 radical (unpaired) electrons. The summed E-state index contributed by atoms with van der Waals surface area (Å²) in [7, 11) is 0. The van der Waals surface area contributed by atoms with Crippen molar-refractivity contribution < 1.29 is 19.2 Å². The zero-order chi connectivity index (χ0) is 9.14. The van der Waals surface area contributed by atoms with Gasteiger partial charge in [-0.1, -0.05) is 10.2 Å². The van der Waals surface area contributed by atoms with Crippen molar-refractivity contribution in [2.45, 2.75) is 0 Å². The predicted molar refractivity (Wildman–Crippen MR) is 30.7 cm³/mol. The predicted octanol–water partition coefficient (Wildman–Crippen LogP) is -0.654. The van der Waals surface area contributed by atoms with E-state index in [-0.39, 0.29) is 10.0 Å². The van der Waals surface area contributed by atoms with E-state index < -0.39 is 12.1 Å². The molecular weight excluding hydrogens is 168 g/mol. The zero-order valence-corrected chi connectivity index (χ0v) is 5.42. The van der Waals surface area contributed by atoms with E-state index in [0.29, 0.717) is 0 Å². The van der Waals surface area contributed by atoms with Gasteiger partial charge in [0.2, 0.25) is 0 Å². The van der Waals surface area contributed by atoms with Crippen LogP contribution in [0.4, 0.5) is 9.59 Å². The summed E-state index contributed by atoms with van der Waals surface area (Å²) in [6.07, 6.45) is 1.97. The topological polar surface area (TPSA) is 99.5 Å². The zero-order valence-electron chi connectivity index (χ0n) is 5.42. The molecule has 8 nitrogen and oxygen atoms in total. The normalized spacial score (nSPS) is 14.7. The molecule has 12 heavy (non-hydrogen) atoms.